The number of H-pyrrole nitrogens is 1. The van der Waals surface area contributed by atoms with Gasteiger partial charge in [-0.25, -0.2) is 14.4 Å². The maximum Gasteiger partial charge on any atom is 0.326 e. The molecule has 2 saturated heterocycles. The molecule has 0 aliphatic carbocycles. The number of carbonyl (C=O) groups excluding carboxylic acids is 2. The van der Waals surface area contributed by atoms with E-state index in [1.165, 1.54) is 0 Å². The van der Waals surface area contributed by atoms with Crippen molar-refractivity contribution in [3.63, 3.8) is 0 Å². The van der Waals surface area contributed by atoms with E-state index >= 15 is 0 Å². The molecular formula is C32H46N6O3. The molecule has 2 aliphatic rings. The van der Waals surface area contributed by atoms with Crippen LogP contribution in [0.25, 0.3) is 12.7 Å². The van der Waals surface area contributed by atoms with E-state index in [1.807, 2.05) is 47.6 Å². The van der Waals surface area contributed by atoms with E-state index in [-0.39, 0.29) is 35.9 Å². The Hall–Kier alpha value is -4.53. The summed E-state index contributed by atoms with van der Waals surface area (Å²) < 4.78 is 1.62. The molecule has 222 valence electrons. The highest BCUT2D eigenvalue weighted by Gasteiger charge is 2.27. The number of nitrogens with one attached hydrogen (secondary N) is 3. The van der Waals surface area contributed by atoms with Crippen molar-refractivity contribution < 1.29 is 9.59 Å². The molecule has 0 atom stereocenters. The Morgan fingerprint density at radius 3 is 1.80 bits per heavy atom. The zero-order valence-corrected chi connectivity index (χ0v) is 25.4. The fraction of sp³-hybridized carbons (Fsp3) is 0.344. The first-order chi connectivity index (χ1) is 19.2. The summed E-state index contributed by atoms with van der Waals surface area (Å²) in [7, 11) is 0. The molecule has 0 bridgehead atoms. The third kappa shape index (κ3) is 9.27. The number of imidazole rings is 1. The predicted octanol–water partition coefficient (Wildman–Crippen LogP) is 4.23. The number of rotatable bonds is 6. The second-order valence-corrected chi connectivity index (χ2v) is 10.2. The maximum atomic E-state index is 11.6. The van der Waals surface area contributed by atoms with Gasteiger partial charge >= 0.3 is 17.8 Å². The van der Waals surface area contributed by atoms with E-state index in [0.717, 1.165) is 27.9 Å². The first-order valence-electron chi connectivity index (χ1n) is 13.5. The number of nitrogens with zero attached hydrogens (tertiary/aromatic N) is 3. The highest BCUT2D eigenvalue weighted by Crippen LogP contribution is 2.20. The molecule has 2 aliphatic heterocycles. The first-order valence-corrected chi connectivity index (χ1v) is 13.5. The number of allylic oxidation sites excluding steroid dienone is 5. The molecule has 0 unspecified atom stereocenters. The smallest absolute Gasteiger partial charge is 0.326 e. The molecule has 9 nitrogen and oxygen atoms in total. The molecule has 1 aromatic rings. The van der Waals surface area contributed by atoms with Crippen molar-refractivity contribution in [1.29, 1.82) is 0 Å². The van der Waals surface area contributed by atoms with E-state index in [1.54, 1.807) is 44.7 Å². The summed E-state index contributed by atoms with van der Waals surface area (Å²) >= 11 is 0. The summed E-state index contributed by atoms with van der Waals surface area (Å²) in [5.41, 5.74) is 3.34. The van der Waals surface area contributed by atoms with Crippen LogP contribution in [0, 0.1) is 0 Å². The van der Waals surface area contributed by atoms with Crippen molar-refractivity contribution in [1.82, 2.24) is 30.0 Å². The molecule has 3 rings (SSSR count). The largest absolute Gasteiger partial charge is 0.334 e. The quantitative estimate of drug-likeness (QED) is 0.484. The van der Waals surface area contributed by atoms with Crippen LogP contribution in [-0.4, -0.2) is 56.6 Å². The molecule has 2 fully saturated rings. The van der Waals surface area contributed by atoms with Crippen LogP contribution in [0.3, 0.4) is 0 Å². The summed E-state index contributed by atoms with van der Waals surface area (Å²) in [5, 5.41) is 6.98. The van der Waals surface area contributed by atoms with Crippen molar-refractivity contribution in [2.75, 3.05) is 13.1 Å². The number of aromatic nitrogens is 2. The molecule has 3 heterocycles. The second kappa shape index (κ2) is 15.9. The molecule has 0 saturated carbocycles. The van der Waals surface area contributed by atoms with Gasteiger partial charge in [-0.1, -0.05) is 57.7 Å². The number of urea groups is 2. The van der Waals surface area contributed by atoms with Crippen molar-refractivity contribution in [3.8, 4) is 0 Å². The Morgan fingerprint density at radius 2 is 1.34 bits per heavy atom. The van der Waals surface area contributed by atoms with Crippen LogP contribution in [0.2, 0.25) is 0 Å². The fourth-order valence-electron chi connectivity index (χ4n) is 4.09. The van der Waals surface area contributed by atoms with Crippen molar-refractivity contribution in [3.05, 3.63) is 107 Å². The van der Waals surface area contributed by atoms with Crippen LogP contribution in [0.5, 0.6) is 0 Å². The Kier molecular flexibility index (Phi) is 13.4. The van der Waals surface area contributed by atoms with Crippen LogP contribution in [-0.2, 0) is 0 Å². The minimum absolute atomic E-state index is 0.0690. The molecule has 0 spiro atoms. The monoisotopic (exact) mass is 562 g/mol. The van der Waals surface area contributed by atoms with Crippen LogP contribution < -0.4 is 27.0 Å². The van der Waals surface area contributed by atoms with Gasteiger partial charge in [0.1, 0.15) is 0 Å². The van der Waals surface area contributed by atoms with Gasteiger partial charge in [-0.05, 0) is 70.9 Å². The molecule has 4 amide bonds. The lowest BCUT2D eigenvalue weighted by Gasteiger charge is -2.34. The second-order valence-electron chi connectivity index (χ2n) is 10.2. The summed E-state index contributed by atoms with van der Waals surface area (Å²) in [6.45, 7) is 35.3. The van der Waals surface area contributed by atoms with Crippen LogP contribution >= 0.6 is 0 Å². The lowest BCUT2D eigenvalue weighted by molar-refractivity contribution is 0.186. The van der Waals surface area contributed by atoms with Gasteiger partial charge < -0.3 is 20.5 Å². The van der Waals surface area contributed by atoms with Gasteiger partial charge in [-0.3, -0.25) is 9.47 Å². The number of aromatic amines is 1. The highest BCUT2D eigenvalue weighted by molar-refractivity contribution is 5.80. The predicted molar refractivity (Wildman–Crippen MR) is 170 cm³/mol. The van der Waals surface area contributed by atoms with Crippen LogP contribution in [0.4, 0.5) is 9.59 Å². The Balaban J connectivity index is 0.000000308. The average molecular weight is 563 g/mol. The molecule has 41 heavy (non-hydrogen) atoms. The topological polar surface area (TPSA) is 102 Å². The lowest BCUT2D eigenvalue weighted by atomic mass is 10.1. The molecule has 0 radical (unpaired) electrons. The number of amides is 4. The standard InChI is InChI=1S/2C11H16N2O.C10H14N2O/c1-5-6-10-9(4)7-13(8(2)3)11(14)12-10;1-5-6-10-9(4)7-12-11(14)13(10)8(2)3;1-5-6-9-8(4)12(7(2)3)10(13)11-9/h2*5-6,8H,1,4,7H2,2-3H3,(H,12,14);5-7H,1,4H2,2-3H3,(H,11,13)/b2*10-6+;9-6+. The number of hydrogen-bond donors (Lipinski definition) is 3. The summed E-state index contributed by atoms with van der Waals surface area (Å²) in [6.07, 6.45) is 10.3. The van der Waals surface area contributed by atoms with Gasteiger partial charge in [0.15, 0.2) is 0 Å². The van der Waals surface area contributed by atoms with Gasteiger partial charge in [-0.15, -0.1) is 0 Å². The Labute approximate surface area is 244 Å². The van der Waals surface area contributed by atoms with Crippen molar-refractivity contribution >= 4 is 24.7 Å². The minimum Gasteiger partial charge on any atom is -0.334 e. The first kappa shape index (κ1) is 34.5. The third-order valence-electron chi connectivity index (χ3n) is 6.10. The normalized spacial score (nSPS) is 17.7. The van der Waals surface area contributed by atoms with E-state index in [2.05, 4.69) is 55.1 Å². The van der Waals surface area contributed by atoms with Crippen molar-refractivity contribution in [2.45, 2.75) is 59.7 Å². The van der Waals surface area contributed by atoms with E-state index in [4.69, 9.17) is 0 Å². The minimum atomic E-state index is -0.117. The molecule has 3 N–H and O–H groups in total. The van der Waals surface area contributed by atoms with E-state index in [9.17, 15) is 14.4 Å². The molecule has 9 heteroatoms. The lowest BCUT2D eigenvalue weighted by Crippen LogP contribution is -2.49. The SMILES string of the molecule is C=C/C=C1/NC(=O)N(C(C)C)CC1=C.C=C/C=C1\C(=C)CNC(=O)N1C(C)C.C=C/C=c1/[nH]c(=O)n(C(C)C)c1=C. The third-order valence-corrected chi connectivity index (χ3v) is 6.10. The van der Waals surface area contributed by atoms with Crippen LogP contribution in [0.15, 0.2) is 90.6 Å². The molecular weight excluding hydrogens is 516 g/mol. The highest BCUT2D eigenvalue weighted by atomic mass is 16.2. The zero-order valence-electron chi connectivity index (χ0n) is 25.4. The Morgan fingerprint density at radius 1 is 0.756 bits per heavy atom. The van der Waals surface area contributed by atoms with Gasteiger partial charge in [-0.2, -0.15) is 0 Å². The van der Waals surface area contributed by atoms with Gasteiger partial charge in [0.2, 0.25) is 0 Å². The fourth-order valence-corrected chi connectivity index (χ4v) is 4.09. The van der Waals surface area contributed by atoms with Gasteiger partial charge in [0.25, 0.3) is 0 Å². The molecule has 1 aromatic heterocycles. The van der Waals surface area contributed by atoms with E-state index in [0.29, 0.717) is 18.4 Å². The van der Waals surface area contributed by atoms with Crippen LogP contribution in [0.1, 0.15) is 47.6 Å². The average Bonchev–Trinajstić information content (AvgIpc) is 3.17. The number of carbonyl (C=O) groups is 2. The number of hydrogen-bond acceptors (Lipinski definition) is 3. The van der Waals surface area contributed by atoms with Crippen molar-refractivity contribution in [2.24, 2.45) is 0 Å². The summed E-state index contributed by atoms with van der Waals surface area (Å²) in [6, 6.07) is 0.305. The maximum absolute atomic E-state index is 11.6. The zero-order chi connectivity index (χ0) is 31.4. The van der Waals surface area contributed by atoms with Gasteiger partial charge in [0.05, 0.1) is 16.4 Å². The Bertz CT molecular complexity index is 1400. The van der Waals surface area contributed by atoms with Gasteiger partial charge in [0, 0.05) is 36.9 Å². The molecule has 0 aromatic carbocycles. The summed E-state index contributed by atoms with van der Waals surface area (Å²) in [5.74, 6) is 0. The van der Waals surface area contributed by atoms with E-state index < -0.39 is 0 Å². The summed E-state index contributed by atoms with van der Waals surface area (Å²) in [4.78, 5) is 40.7.